The summed E-state index contributed by atoms with van der Waals surface area (Å²) < 4.78 is 52.2. The van der Waals surface area contributed by atoms with E-state index in [-0.39, 0.29) is 11.5 Å². The predicted octanol–water partition coefficient (Wildman–Crippen LogP) is 2.32. The molecule has 8 heteroatoms. The van der Waals surface area contributed by atoms with Crippen LogP contribution >= 0.6 is 11.3 Å². The Morgan fingerprint density at radius 2 is 2.05 bits per heavy atom. The standard InChI is InChI=1S/C11H9F2NO3S2/c12-9-2-1-3-10(11(9)13)14-19(16,17)8-4-7(5-15)18-6-8/h1-4,6,14-15H,5H2. The van der Waals surface area contributed by atoms with Gasteiger partial charge in [-0.25, -0.2) is 17.2 Å². The molecule has 102 valence electrons. The molecule has 0 atom stereocenters. The zero-order valence-corrected chi connectivity index (χ0v) is 11.1. The number of hydrogen-bond acceptors (Lipinski definition) is 4. The Bertz CT molecular complexity index is 698. The zero-order chi connectivity index (χ0) is 14.0. The molecule has 2 N–H and O–H groups in total. The molecule has 0 unspecified atom stereocenters. The molecule has 0 radical (unpaired) electrons. The molecule has 0 aliphatic rings. The molecule has 2 aromatic rings. The second kappa shape index (κ2) is 5.24. The normalized spacial score (nSPS) is 11.5. The number of nitrogens with one attached hydrogen (secondary N) is 1. The van der Waals surface area contributed by atoms with E-state index in [0.717, 1.165) is 23.5 Å². The van der Waals surface area contributed by atoms with Crippen LogP contribution in [-0.4, -0.2) is 13.5 Å². The van der Waals surface area contributed by atoms with Crippen LogP contribution < -0.4 is 4.72 Å². The zero-order valence-electron chi connectivity index (χ0n) is 9.43. The van der Waals surface area contributed by atoms with Gasteiger partial charge in [0.15, 0.2) is 11.6 Å². The highest BCUT2D eigenvalue weighted by atomic mass is 32.2. The number of thiophene rings is 1. The number of sulfonamides is 1. The number of aliphatic hydroxyl groups excluding tert-OH is 1. The van der Waals surface area contributed by atoms with Crippen LogP contribution in [0.3, 0.4) is 0 Å². The van der Waals surface area contributed by atoms with Crippen molar-refractivity contribution in [1.29, 1.82) is 0 Å². The van der Waals surface area contributed by atoms with Gasteiger partial charge in [0.1, 0.15) is 0 Å². The van der Waals surface area contributed by atoms with Gasteiger partial charge in [0.25, 0.3) is 10.0 Å². The number of anilines is 1. The highest BCUT2D eigenvalue weighted by Crippen LogP contribution is 2.24. The predicted molar refractivity (Wildman–Crippen MR) is 67.4 cm³/mol. The summed E-state index contributed by atoms with van der Waals surface area (Å²) in [5.74, 6) is -2.40. The highest BCUT2D eigenvalue weighted by molar-refractivity contribution is 7.92. The van der Waals surface area contributed by atoms with Gasteiger partial charge in [0.05, 0.1) is 17.2 Å². The molecule has 0 spiro atoms. The van der Waals surface area contributed by atoms with Gasteiger partial charge in [-0.15, -0.1) is 11.3 Å². The van der Waals surface area contributed by atoms with E-state index in [0.29, 0.717) is 4.88 Å². The quantitative estimate of drug-likeness (QED) is 0.911. The Morgan fingerprint density at radius 3 is 2.68 bits per heavy atom. The molecule has 1 heterocycles. The first-order valence-electron chi connectivity index (χ1n) is 5.09. The second-order valence-electron chi connectivity index (χ2n) is 3.61. The number of rotatable bonds is 4. The highest BCUT2D eigenvalue weighted by Gasteiger charge is 2.19. The Balaban J connectivity index is 2.33. The van der Waals surface area contributed by atoms with Crippen LogP contribution in [0.15, 0.2) is 34.5 Å². The maximum Gasteiger partial charge on any atom is 0.262 e. The molecule has 0 amide bonds. The number of halogens is 2. The molecular weight excluding hydrogens is 296 g/mol. The van der Waals surface area contributed by atoms with E-state index in [4.69, 9.17) is 5.11 Å². The first-order valence-corrected chi connectivity index (χ1v) is 7.45. The maximum absolute atomic E-state index is 13.4. The molecule has 1 aromatic carbocycles. The third-order valence-corrected chi connectivity index (χ3v) is 4.71. The van der Waals surface area contributed by atoms with Crippen molar-refractivity contribution in [2.45, 2.75) is 11.5 Å². The first-order chi connectivity index (χ1) is 8.94. The largest absolute Gasteiger partial charge is 0.391 e. The topological polar surface area (TPSA) is 66.4 Å². The van der Waals surface area contributed by atoms with E-state index in [1.165, 1.54) is 17.5 Å². The Hall–Kier alpha value is -1.51. The third-order valence-electron chi connectivity index (χ3n) is 2.29. The van der Waals surface area contributed by atoms with Crippen LogP contribution in [0.1, 0.15) is 4.88 Å². The van der Waals surface area contributed by atoms with Gasteiger partial charge in [-0.1, -0.05) is 6.07 Å². The van der Waals surface area contributed by atoms with Gasteiger partial charge in [-0.05, 0) is 18.2 Å². The molecule has 0 saturated heterocycles. The van der Waals surface area contributed by atoms with Crippen molar-refractivity contribution in [2.24, 2.45) is 0 Å². The summed E-state index contributed by atoms with van der Waals surface area (Å²) in [5, 5.41) is 10.2. The Labute approximate surface area is 112 Å². The van der Waals surface area contributed by atoms with Crippen molar-refractivity contribution in [3.63, 3.8) is 0 Å². The SMILES string of the molecule is O=S(=O)(Nc1cccc(F)c1F)c1csc(CO)c1. The first kappa shape index (κ1) is 13.9. The van der Waals surface area contributed by atoms with Gasteiger partial charge in [0.2, 0.25) is 0 Å². The summed E-state index contributed by atoms with van der Waals surface area (Å²) in [6.45, 7) is -0.283. The van der Waals surface area contributed by atoms with Crippen LogP contribution in [0.2, 0.25) is 0 Å². The molecule has 1 aromatic heterocycles. The summed E-state index contributed by atoms with van der Waals surface area (Å²) in [4.78, 5) is 0.352. The van der Waals surface area contributed by atoms with Crippen LogP contribution in [-0.2, 0) is 16.6 Å². The van der Waals surface area contributed by atoms with Gasteiger partial charge < -0.3 is 5.11 Å². The van der Waals surface area contributed by atoms with Crippen LogP contribution in [0.5, 0.6) is 0 Å². The van der Waals surface area contributed by atoms with Crippen LogP contribution in [0.4, 0.5) is 14.5 Å². The molecule has 2 rings (SSSR count). The molecule has 0 saturated carbocycles. The van der Waals surface area contributed by atoms with E-state index < -0.39 is 27.3 Å². The van der Waals surface area contributed by atoms with E-state index in [9.17, 15) is 17.2 Å². The summed E-state index contributed by atoms with van der Waals surface area (Å²) in [5.41, 5.74) is -0.461. The Morgan fingerprint density at radius 1 is 1.32 bits per heavy atom. The lowest BCUT2D eigenvalue weighted by atomic mass is 10.3. The van der Waals surface area contributed by atoms with Crippen molar-refractivity contribution in [3.05, 3.63) is 46.2 Å². The lowest BCUT2D eigenvalue weighted by Gasteiger charge is -2.07. The minimum Gasteiger partial charge on any atom is -0.391 e. The van der Waals surface area contributed by atoms with E-state index in [2.05, 4.69) is 0 Å². The van der Waals surface area contributed by atoms with Crippen molar-refractivity contribution in [1.82, 2.24) is 0 Å². The minimum atomic E-state index is -4.00. The summed E-state index contributed by atoms with van der Waals surface area (Å²) in [7, 11) is -4.00. The van der Waals surface area contributed by atoms with E-state index in [1.807, 2.05) is 4.72 Å². The molecular formula is C11H9F2NO3S2. The van der Waals surface area contributed by atoms with Gasteiger partial charge in [-0.3, -0.25) is 4.72 Å². The fraction of sp³-hybridized carbons (Fsp3) is 0.0909. The van der Waals surface area contributed by atoms with E-state index in [1.54, 1.807) is 0 Å². The summed E-state index contributed by atoms with van der Waals surface area (Å²) in [6, 6.07) is 4.48. The average molecular weight is 305 g/mol. The van der Waals surface area contributed by atoms with Gasteiger partial charge in [0, 0.05) is 10.3 Å². The van der Waals surface area contributed by atoms with Crippen molar-refractivity contribution in [2.75, 3.05) is 4.72 Å². The summed E-state index contributed by atoms with van der Waals surface area (Å²) in [6.07, 6.45) is 0. The van der Waals surface area contributed by atoms with Crippen LogP contribution in [0.25, 0.3) is 0 Å². The fourth-order valence-corrected chi connectivity index (χ4v) is 3.56. The lowest BCUT2D eigenvalue weighted by Crippen LogP contribution is -2.13. The molecule has 0 aliphatic carbocycles. The van der Waals surface area contributed by atoms with E-state index >= 15 is 0 Å². The molecule has 0 aliphatic heterocycles. The molecule has 0 fully saturated rings. The maximum atomic E-state index is 13.4. The lowest BCUT2D eigenvalue weighted by molar-refractivity contribution is 0.285. The fourth-order valence-electron chi connectivity index (χ4n) is 1.37. The number of hydrogen-bond donors (Lipinski definition) is 2. The molecule has 19 heavy (non-hydrogen) atoms. The smallest absolute Gasteiger partial charge is 0.262 e. The third kappa shape index (κ3) is 2.91. The van der Waals surface area contributed by atoms with Crippen LogP contribution in [0, 0.1) is 11.6 Å². The average Bonchev–Trinajstić information content (AvgIpc) is 2.84. The number of benzene rings is 1. The van der Waals surface area contributed by atoms with Gasteiger partial charge in [-0.2, -0.15) is 0 Å². The monoisotopic (exact) mass is 305 g/mol. The van der Waals surface area contributed by atoms with Crippen molar-refractivity contribution < 1.29 is 22.3 Å². The van der Waals surface area contributed by atoms with Gasteiger partial charge >= 0.3 is 0 Å². The minimum absolute atomic E-state index is 0.106. The van der Waals surface area contributed by atoms with Crippen molar-refractivity contribution in [3.8, 4) is 0 Å². The summed E-state index contributed by atoms with van der Waals surface area (Å²) >= 11 is 1.06. The molecule has 0 bridgehead atoms. The molecule has 4 nitrogen and oxygen atoms in total. The second-order valence-corrected chi connectivity index (χ2v) is 6.29. The number of aliphatic hydroxyl groups is 1. The Kier molecular flexibility index (Phi) is 3.83. The van der Waals surface area contributed by atoms with Crippen molar-refractivity contribution >= 4 is 27.0 Å².